The largest absolute Gasteiger partial charge is 0.382 e. The van der Waals surface area contributed by atoms with Gasteiger partial charge in [-0.1, -0.05) is 11.3 Å². The van der Waals surface area contributed by atoms with Crippen molar-refractivity contribution in [2.24, 2.45) is 5.73 Å². The SMILES string of the molecule is CCN(C(N)=O)c1nc2cc(-c3cnc(C(C)(C)O)nc3)cc(-c3cc(CN4CCC(F)(F)CC4)ccn3)c2s1. The van der Waals surface area contributed by atoms with Gasteiger partial charge in [0.05, 0.1) is 15.9 Å². The zero-order valence-electron chi connectivity index (χ0n) is 22.6. The molecule has 0 spiro atoms. The van der Waals surface area contributed by atoms with E-state index in [0.29, 0.717) is 48.3 Å². The van der Waals surface area contributed by atoms with E-state index in [1.165, 1.54) is 16.2 Å². The number of fused-ring (bicyclic) bond motifs is 1. The maximum atomic E-state index is 13.6. The van der Waals surface area contributed by atoms with Gasteiger partial charge >= 0.3 is 6.03 Å². The van der Waals surface area contributed by atoms with E-state index in [0.717, 1.165) is 27.0 Å². The predicted octanol–water partition coefficient (Wildman–Crippen LogP) is 5.18. The van der Waals surface area contributed by atoms with Gasteiger partial charge in [-0.05, 0) is 56.2 Å². The Bertz CT molecular complexity index is 1530. The minimum absolute atomic E-state index is 0.140. The second-order valence-electron chi connectivity index (χ2n) is 10.5. The summed E-state index contributed by atoms with van der Waals surface area (Å²) >= 11 is 1.35. The van der Waals surface area contributed by atoms with Gasteiger partial charge in [0.2, 0.25) is 0 Å². The summed E-state index contributed by atoms with van der Waals surface area (Å²) in [5.74, 6) is -2.29. The van der Waals surface area contributed by atoms with E-state index in [-0.39, 0.29) is 12.8 Å². The number of aliphatic hydroxyl groups is 1. The lowest BCUT2D eigenvalue weighted by atomic mass is 10.0. The van der Waals surface area contributed by atoms with Crippen LogP contribution in [0.2, 0.25) is 0 Å². The zero-order valence-corrected chi connectivity index (χ0v) is 23.4. The maximum absolute atomic E-state index is 13.6. The number of nitrogens with two attached hydrogens (primary N) is 1. The summed E-state index contributed by atoms with van der Waals surface area (Å²) in [5, 5.41) is 10.7. The Morgan fingerprint density at radius 2 is 1.85 bits per heavy atom. The number of rotatable bonds is 7. The Hall–Kier alpha value is -3.61. The first kappa shape index (κ1) is 27.9. The number of urea groups is 1. The van der Waals surface area contributed by atoms with Crippen LogP contribution in [-0.4, -0.2) is 61.5 Å². The zero-order chi connectivity index (χ0) is 28.7. The second kappa shape index (κ2) is 10.8. The van der Waals surface area contributed by atoms with Gasteiger partial charge in [-0.2, -0.15) is 0 Å². The molecule has 9 nitrogen and oxygen atoms in total. The average molecular weight is 568 g/mol. The fraction of sp³-hybridized carbons (Fsp3) is 0.393. The Morgan fingerprint density at radius 3 is 2.48 bits per heavy atom. The highest BCUT2D eigenvalue weighted by molar-refractivity contribution is 7.23. The molecule has 1 aliphatic rings. The summed E-state index contributed by atoms with van der Waals surface area (Å²) < 4.78 is 28.1. The third kappa shape index (κ3) is 5.93. The normalized spacial score (nSPS) is 15.8. The topological polar surface area (TPSA) is 121 Å². The fourth-order valence-corrected chi connectivity index (χ4v) is 5.83. The van der Waals surface area contributed by atoms with Crippen molar-refractivity contribution in [2.75, 3.05) is 24.5 Å². The number of hydrogen-bond donors (Lipinski definition) is 2. The number of piperidine rings is 1. The summed E-state index contributed by atoms with van der Waals surface area (Å²) in [4.78, 5) is 33.5. The first-order valence-corrected chi connectivity index (χ1v) is 13.9. The molecule has 0 aliphatic carbocycles. The summed E-state index contributed by atoms with van der Waals surface area (Å²) in [5.41, 5.74) is 9.04. The quantitative estimate of drug-likeness (QED) is 0.316. The number of nitrogens with zero attached hydrogens (tertiary/aromatic N) is 6. The third-order valence-corrected chi connectivity index (χ3v) is 8.05. The molecule has 0 radical (unpaired) electrons. The molecule has 1 saturated heterocycles. The smallest absolute Gasteiger partial charge is 0.321 e. The highest BCUT2D eigenvalue weighted by Crippen LogP contribution is 2.39. The monoisotopic (exact) mass is 567 g/mol. The van der Waals surface area contributed by atoms with Crippen molar-refractivity contribution in [3.8, 4) is 22.4 Å². The molecule has 0 saturated carbocycles. The van der Waals surface area contributed by atoms with Crippen molar-refractivity contribution in [1.82, 2.24) is 24.8 Å². The van der Waals surface area contributed by atoms with Gasteiger partial charge in [-0.25, -0.2) is 28.5 Å². The van der Waals surface area contributed by atoms with Crippen LogP contribution in [-0.2, 0) is 12.1 Å². The van der Waals surface area contributed by atoms with E-state index in [1.807, 2.05) is 36.1 Å². The Morgan fingerprint density at radius 1 is 1.15 bits per heavy atom. The van der Waals surface area contributed by atoms with Crippen LogP contribution in [0.5, 0.6) is 0 Å². The lowest BCUT2D eigenvalue weighted by molar-refractivity contribution is -0.0566. The number of alkyl halides is 2. The minimum Gasteiger partial charge on any atom is -0.382 e. The van der Waals surface area contributed by atoms with E-state index >= 15 is 0 Å². The number of amides is 2. The van der Waals surface area contributed by atoms with E-state index in [1.54, 1.807) is 32.4 Å². The highest BCUT2D eigenvalue weighted by atomic mass is 32.1. The minimum atomic E-state index is -2.60. The molecule has 0 bridgehead atoms. The molecule has 40 heavy (non-hydrogen) atoms. The van der Waals surface area contributed by atoms with Crippen LogP contribution >= 0.6 is 11.3 Å². The molecule has 0 atom stereocenters. The molecule has 12 heteroatoms. The van der Waals surface area contributed by atoms with E-state index < -0.39 is 17.6 Å². The van der Waals surface area contributed by atoms with Crippen molar-refractivity contribution in [1.29, 1.82) is 0 Å². The number of thiazole rings is 1. The summed E-state index contributed by atoms with van der Waals surface area (Å²) in [6, 6.07) is 7.13. The lowest BCUT2D eigenvalue weighted by Crippen LogP contribution is -2.38. The standard InChI is InChI=1S/C28H31F2N7O2S/c1-4-37(25(31)38)26-35-22-13-18(19-14-33-24(34-15-19)27(2,3)39)12-20(23(22)40-26)21-11-17(5-8-32-21)16-36-9-6-28(29,30)7-10-36/h5,8,11-15,39H,4,6-7,9-10,16H2,1-3H3,(H2,31,38). The number of primary amides is 1. The summed E-state index contributed by atoms with van der Waals surface area (Å²) in [7, 11) is 0. The number of carbonyl (C=O) groups excluding carboxylic acids is 1. The summed E-state index contributed by atoms with van der Waals surface area (Å²) in [6.07, 6.45) is 4.73. The number of aromatic nitrogens is 4. The number of anilines is 1. The van der Waals surface area contributed by atoms with Gasteiger partial charge in [-0.3, -0.25) is 14.8 Å². The Labute approximate surface area is 234 Å². The maximum Gasteiger partial charge on any atom is 0.321 e. The van der Waals surface area contributed by atoms with Crippen molar-refractivity contribution in [3.05, 3.63) is 54.2 Å². The first-order valence-electron chi connectivity index (χ1n) is 13.1. The Balaban J connectivity index is 1.57. The van der Waals surface area contributed by atoms with Gasteiger partial charge in [-0.15, -0.1) is 0 Å². The van der Waals surface area contributed by atoms with Crippen molar-refractivity contribution in [2.45, 2.75) is 51.7 Å². The summed E-state index contributed by atoms with van der Waals surface area (Å²) in [6.45, 7) is 6.65. The molecule has 2 amide bonds. The van der Waals surface area contributed by atoms with Crippen molar-refractivity contribution < 1.29 is 18.7 Å². The molecule has 4 aromatic rings. The molecule has 3 aromatic heterocycles. The molecule has 3 N–H and O–H groups in total. The lowest BCUT2D eigenvalue weighted by Gasteiger charge is -2.31. The third-order valence-electron chi connectivity index (χ3n) is 6.92. The highest BCUT2D eigenvalue weighted by Gasteiger charge is 2.33. The van der Waals surface area contributed by atoms with Crippen LogP contribution in [0.1, 0.15) is 45.0 Å². The van der Waals surface area contributed by atoms with E-state index in [9.17, 15) is 18.7 Å². The fourth-order valence-electron chi connectivity index (χ4n) is 4.69. The number of carbonyl (C=O) groups is 1. The number of halogens is 2. The second-order valence-corrected chi connectivity index (χ2v) is 11.5. The molecule has 210 valence electrons. The van der Waals surface area contributed by atoms with Gasteiger partial charge in [0.25, 0.3) is 5.92 Å². The van der Waals surface area contributed by atoms with Crippen LogP contribution in [0, 0.1) is 0 Å². The van der Waals surface area contributed by atoms with Gasteiger partial charge in [0.1, 0.15) is 5.60 Å². The van der Waals surface area contributed by atoms with Crippen molar-refractivity contribution >= 4 is 32.7 Å². The molecule has 1 fully saturated rings. The van der Waals surface area contributed by atoms with Crippen LogP contribution in [0.3, 0.4) is 0 Å². The Kier molecular flexibility index (Phi) is 7.51. The molecular formula is C28H31F2N7O2S. The molecule has 1 aliphatic heterocycles. The van der Waals surface area contributed by atoms with Crippen LogP contribution < -0.4 is 10.6 Å². The molecule has 4 heterocycles. The van der Waals surface area contributed by atoms with E-state index in [2.05, 4.69) is 15.0 Å². The van der Waals surface area contributed by atoms with E-state index in [4.69, 9.17) is 10.7 Å². The van der Waals surface area contributed by atoms with Gasteiger partial charge < -0.3 is 10.8 Å². The van der Waals surface area contributed by atoms with Crippen LogP contribution in [0.15, 0.2) is 42.9 Å². The van der Waals surface area contributed by atoms with Crippen LogP contribution in [0.25, 0.3) is 32.6 Å². The number of hydrogen-bond acceptors (Lipinski definition) is 8. The number of likely N-dealkylation sites (tertiary alicyclic amines) is 1. The number of benzene rings is 1. The molecule has 1 aromatic carbocycles. The molecular weight excluding hydrogens is 536 g/mol. The number of pyridine rings is 1. The van der Waals surface area contributed by atoms with Crippen molar-refractivity contribution in [3.63, 3.8) is 0 Å². The first-order chi connectivity index (χ1) is 18.9. The average Bonchev–Trinajstić information content (AvgIpc) is 3.33. The predicted molar refractivity (Wildman–Crippen MR) is 151 cm³/mol. The molecule has 5 rings (SSSR count). The van der Waals surface area contributed by atoms with Gasteiger partial charge in [0.15, 0.2) is 11.0 Å². The van der Waals surface area contributed by atoms with Crippen LogP contribution in [0.4, 0.5) is 18.7 Å². The van der Waals surface area contributed by atoms with Gasteiger partial charge in [0, 0.05) is 68.7 Å². The molecule has 0 unspecified atom stereocenters.